The van der Waals surface area contributed by atoms with Crippen LogP contribution in [-0.2, 0) is 16.6 Å². The molecular weight excluding hydrogens is 376 g/mol. The minimum atomic E-state index is -3.96. The summed E-state index contributed by atoms with van der Waals surface area (Å²) in [7, 11) is -0.238. The molecule has 0 aliphatic carbocycles. The van der Waals surface area contributed by atoms with Crippen LogP contribution in [0.2, 0.25) is 0 Å². The molecule has 150 valence electrons. The number of primary sulfonamides is 1. The third-order valence-corrected chi connectivity index (χ3v) is 5.91. The summed E-state index contributed by atoms with van der Waals surface area (Å²) in [5.41, 5.74) is 1.86. The molecule has 2 aromatic carbocycles. The zero-order chi connectivity index (χ0) is 20.3. The Kier molecular flexibility index (Phi) is 6.02. The second kappa shape index (κ2) is 8.30. The van der Waals surface area contributed by atoms with Crippen molar-refractivity contribution in [2.24, 2.45) is 5.14 Å². The Balaban J connectivity index is 1.87. The highest BCUT2D eigenvalue weighted by Gasteiger charge is 2.24. The van der Waals surface area contributed by atoms with Gasteiger partial charge in [-0.2, -0.15) is 0 Å². The molecule has 8 heteroatoms. The van der Waals surface area contributed by atoms with Crippen molar-refractivity contribution in [3.63, 3.8) is 0 Å². The molecule has 0 atom stereocenters. The van der Waals surface area contributed by atoms with E-state index in [1.54, 1.807) is 24.1 Å². The minimum absolute atomic E-state index is 0.00369. The summed E-state index contributed by atoms with van der Waals surface area (Å²) in [6, 6.07) is 14.4. The molecule has 1 saturated heterocycles. The molecule has 0 bridgehead atoms. The molecule has 28 heavy (non-hydrogen) atoms. The first-order chi connectivity index (χ1) is 13.3. The van der Waals surface area contributed by atoms with Crippen LogP contribution in [0.3, 0.4) is 0 Å². The van der Waals surface area contributed by atoms with Crippen LogP contribution in [-0.4, -0.2) is 64.4 Å². The first-order valence-corrected chi connectivity index (χ1v) is 10.7. The summed E-state index contributed by atoms with van der Waals surface area (Å²) in [6.07, 6.45) is 0. The topological polar surface area (TPSA) is 86.9 Å². The molecule has 0 unspecified atom stereocenters. The van der Waals surface area contributed by atoms with Gasteiger partial charge in [-0.05, 0) is 30.8 Å². The SMILES string of the molecule is CN1CCN(c2ccc(C(=O)N(C)Cc3ccccc3)cc2S(N)(=O)=O)CC1. The Morgan fingerprint density at radius 1 is 1.07 bits per heavy atom. The van der Waals surface area contributed by atoms with E-state index in [-0.39, 0.29) is 10.8 Å². The van der Waals surface area contributed by atoms with E-state index in [9.17, 15) is 13.2 Å². The van der Waals surface area contributed by atoms with Gasteiger partial charge in [0.2, 0.25) is 10.0 Å². The number of amides is 1. The number of rotatable bonds is 5. The van der Waals surface area contributed by atoms with Crippen molar-refractivity contribution >= 4 is 21.6 Å². The first kappa shape index (κ1) is 20.3. The van der Waals surface area contributed by atoms with Gasteiger partial charge in [0.25, 0.3) is 5.91 Å². The van der Waals surface area contributed by atoms with Gasteiger partial charge in [0, 0.05) is 45.3 Å². The number of sulfonamides is 1. The molecule has 7 nitrogen and oxygen atoms in total. The average Bonchev–Trinajstić information content (AvgIpc) is 2.67. The van der Waals surface area contributed by atoms with Gasteiger partial charge in [0.1, 0.15) is 4.90 Å². The number of piperazine rings is 1. The van der Waals surface area contributed by atoms with Crippen LogP contribution in [0.4, 0.5) is 5.69 Å². The molecule has 1 aliphatic rings. The van der Waals surface area contributed by atoms with Crippen molar-refractivity contribution in [2.45, 2.75) is 11.4 Å². The monoisotopic (exact) mass is 402 g/mol. The van der Waals surface area contributed by atoms with Crippen molar-refractivity contribution in [1.29, 1.82) is 0 Å². The summed E-state index contributed by atoms with van der Waals surface area (Å²) < 4.78 is 24.4. The summed E-state index contributed by atoms with van der Waals surface area (Å²) in [5.74, 6) is -0.251. The standard InChI is InChI=1S/C20H26N4O3S/c1-22-10-12-24(13-11-22)18-9-8-17(14-19(18)28(21,26)27)20(25)23(2)15-16-6-4-3-5-7-16/h3-9,14H,10-13,15H2,1-2H3,(H2,21,26,27). The third-order valence-electron chi connectivity index (χ3n) is 4.97. The van der Waals surface area contributed by atoms with Crippen LogP contribution >= 0.6 is 0 Å². The van der Waals surface area contributed by atoms with Gasteiger partial charge in [-0.15, -0.1) is 0 Å². The maximum atomic E-state index is 12.8. The van der Waals surface area contributed by atoms with Crippen LogP contribution in [0, 0.1) is 0 Å². The van der Waals surface area contributed by atoms with Gasteiger partial charge in [-0.1, -0.05) is 30.3 Å². The molecule has 1 amide bonds. The number of benzene rings is 2. The fourth-order valence-corrected chi connectivity index (χ4v) is 4.11. The van der Waals surface area contributed by atoms with E-state index in [4.69, 9.17) is 5.14 Å². The van der Waals surface area contributed by atoms with Crippen LogP contribution in [0.25, 0.3) is 0 Å². The zero-order valence-corrected chi connectivity index (χ0v) is 17.0. The smallest absolute Gasteiger partial charge is 0.253 e. The molecule has 0 radical (unpaired) electrons. The number of anilines is 1. The second-order valence-corrected chi connectivity index (χ2v) is 8.69. The molecular formula is C20H26N4O3S. The van der Waals surface area contributed by atoms with Gasteiger partial charge >= 0.3 is 0 Å². The van der Waals surface area contributed by atoms with Crippen molar-refractivity contribution in [3.05, 3.63) is 59.7 Å². The molecule has 0 saturated carbocycles. The summed E-state index contributed by atoms with van der Waals surface area (Å²) in [5, 5.41) is 5.47. The highest BCUT2D eigenvalue weighted by molar-refractivity contribution is 7.89. The van der Waals surface area contributed by atoms with E-state index < -0.39 is 10.0 Å². The fourth-order valence-electron chi connectivity index (χ4n) is 3.33. The van der Waals surface area contributed by atoms with Crippen molar-refractivity contribution in [1.82, 2.24) is 9.80 Å². The van der Waals surface area contributed by atoms with E-state index >= 15 is 0 Å². The maximum absolute atomic E-state index is 12.8. The molecule has 1 fully saturated rings. The summed E-state index contributed by atoms with van der Waals surface area (Å²) in [4.78, 5) is 18.6. The number of nitrogens with two attached hydrogens (primary N) is 1. The van der Waals surface area contributed by atoms with Crippen LogP contribution in [0.1, 0.15) is 15.9 Å². The fraction of sp³-hybridized carbons (Fsp3) is 0.350. The van der Waals surface area contributed by atoms with E-state index in [0.29, 0.717) is 30.9 Å². The molecule has 2 aromatic rings. The van der Waals surface area contributed by atoms with E-state index in [1.165, 1.54) is 6.07 Å². The molecule has 3 rings (SSSR count). The predicted molar refractivity (Wildman–Crippen MR) is 110 cm³/mol. The Bertz CT molecular complexity index is 939. The first-order valence-electron chi connectivity index (χ1n) is 9.15. The predicted octanol–water partition coefficient (Wildman–Crippen LogP) is 1.36. The normalized spacial score (nSPS) is 15.5. The minimum Gasteiger partial charge on any atom is -0.368 e. The lowest BCUT2D eigenvalue weighted by Crippen LogP contribution is -2.45. The lowest BCUT2D eigenvalue weighted by Gasteiger charge is -2.35. The zero-order valence-electron chi connectivity index (χ0n) is 16.2. The Hall–Kier alpha value is -2.42. The summed E-state index contributed by atoms with van der Waals surface area (Å²) in [6.45, 7) is 3.53. The van der Waals surface area contributed by atoms with Crippen molar-refractivity contribution < 1.29 is 13.2 Å². The van der Waals surface area contributed by atoms with E-state index in [0.717, 1.165) is 18.7 Å². The Morgan fingerprint density at radius 2 is 1.71 bits per heavy atom. The lowest BCUT2D eigenvalue weighted by molar-refractivity contribution is 0.0785. The van der Waals surface area contributed by atoms with Gasteiger partial charge in [0.15, 0.2) is 0 Å². The van der Waals surface area contributed by atoms with Gasteiger partial charge in [-0.25, -0.2) is 13.6 Å². The number of carbonyl (C=O) groups excluding carboxylic acids is 1. The van der Waals surface area contributed by atoms with Crippen LogP contribution < -0.4 is 10.0 Å². The number of hydrogen-bond acceptors (Lipinski definition) is 5. The number of hydrogen-bond donors (Lipinski definition) is 1. The third kappa shape index (κ3) is 4.70. The highest BCUT2D eigenvalue weighted by Crippen LogP contribution is 2.27. The number of carbonyl (C=O) groups is 1. The number of likely N-dealkylation sites (N-methyl/N-ethyl adjacent to an activating group) is 1. The van der Waals surface area contributed by atoms with Crippen molar-refractivity contribution in [3.8, 4) is 0 Å². The van der Waals surface area contributed by atoms with E-state index in [1.807, 2.05) is 42.3 Å². The van der Waals surface area contributed by atoms with E-state index in [2.05, 4.69) is 4.90 Å². The average molecular weight is 403 g/mol. The number of nitrogens with zero attached hydrogens (tertiary/aromatic N) is 3. The van der Waals surface area contributed by atoms with Gasteiger partial charge in [-0.3, -0.25) is 4.79 Å². The highest BCUT2D eigenvalue weighted by atomic mass is 32.2. The Morgan fingerprint density at radius 3 is 2.32 bits per heavy atom. The molecule has 1 heterocycles. The quantitative estimate of drug-likeness (QED) is 0.816. The van der Waals surface area contributed by atoms with Crippen LogP contribution in [0.5, 0.6) is 0 Å². The van der Waals surface area contributed by atoms with Gasteiger partial charge < -0.3 is 14.7 Å². The molecule has 2 N–H and O–H groups in total. The maximum Gasteiger partial charge on any atom is 0.253 e. The Labute approximate surface area is 166 Å². The summed E-state index contributed by atoms with van der Waals surface area (Å²) >= 11 is 0. The molecule has 0 aromatic heterocycles. The largest absolute Gasteiger partial charge is 0.368 e. The van der Waals surface area contributed by atoms with Gasteiger partial charge in [0.05, 0.1) is 5.69 Å². The van der Waals surface area contributed by atoms with Crippen molar-refractivity contribution in [2.75, 3.05) is 45.2 Å². The molecule has 1 aliphatic heterocycles. The molecule has 0 spiro atoms. The lowest BCUT2D eigenvalue weighted by atomic mass is 10.1. The second-order valence-electron chi connectivity index (χ2n) is 7.16. The van der Waals surface area contributed by atoms with Crippen LogP contribution in [0.15, 0.2) is 53.4 Å².